The summed E-state index contributed by atoms with van der Waals surface area (Å²) >= 11 is 0. The number of anilines is 1. The summed E-state index contributed by atoms with van der Waals surface area (Å²) in [5.41, 5.74) is 6.80. The van der Waals surface area contributed by atoms with Crippen LogP contribution >= 0.6 is 0 Å². The molecular weight excluding hydrogens is 192 g/mol. The van der Waals surface area contributed by atoms with E-state index in [0.717, 1.165) is 12.8 Å². The standard InChI is InChI=1S/C11H18N2O2/c1-4-5-8(2)13-7-9(12)6-10(13)11(14)15-3/h6-8H,4-5,12H2,1-3H3. The summed E-state index contributed by atoms with van der Waals surface area (Å²) in [4.78, 5) is 11.5. The van der Waals surface area contributed by atoms with Crippen LogP contribution in [0.15, 0.2) is 12.3 Å². The number of hydrogen-bond donors (Lipinski definition) is 1. The Morgan fingerprint density at radius 1 is 1.67 bits per heavy atom. The Morgan fingerprint density at radius 2 is 2.33 bits per heavy atom. The Kier molecular flexibility index (Phi) is 3.77. The fraction of sp³-hybridized carbons (Fsp3) is 0.545. The molecule has 1 rings (SSSR count). The predicted octanol–water partition coefficient (Wildman–Crippen LogP) is 2.22. The van der Waals surface area contributed by atoms with E-state index < -0.39 is 0 Å². The van der Waals surface area contributed by atoms with Gasteiger partial charge in [0, 0.05) is 12.2 Å². The highest BCUT2D eigenvalue weighted by atomic mass is 16.5. The van der Waals surface area contributed by atoms with E-state index in [2.05, 4.69) is 13.8 Å². The summed E-state index contributed by atoms with van der Waals surface area (Å²) in [5, 5.41) is 0. The van der Waals surface area contributed by atoms with Crippen molar-refractivity contribution in [3.8, 4) is 0 Å². The summed E-state index contributed by atoms with van der Waals surface area (Å²) in [6.45, 7) is 4.18. The number of nitrogens with two attached hydrogens (primary N) is 1. The molecule has 0 aromatic carbocycles. The highest BCUT2D eigenvalue weighted by molar-refractivity contribution is 5.89. The highest BCUT2D eigenvalue weighted by Gasteiger charge is 2.16. The number of esters is 1. The molecule has 0 amide bonds. The lowest BCUT2D eigenvalue weighted by Crippen LogP contribution is -2.13. The van der Waals surface area contributed by atoms with Gasteiger partial charge in [-0.1, -0.05) is 13.3 Å². The summed E-state index contributed by atoms with van der Waals surface area (Å²) in [6.07, 6.45) is 3.87. The summed E-state index contributed by atoms with van der Waals surface area (Å²) in [6, 6.07) is 1.92. The Balaban J connectivity index is 3.00. The van der Waals surface area contributed by atoms with Gasteiger partial charge in [0.05, 0.1) is 12.8 Å². The second kappa shape index (κ2) is 4.87. The lowest BCUT2D eigenvalue weighted by molar-refractivity contribution is 0.0586. The summed E-state index contributed by atoms with van der Waals surface area (Å²) < 4.78 is 6.58. The first kappa shape index (κ1) is 11.6. The molecule has 0 radical (unpaired) electrons. The molecular formula is C11H18N2O2. The van der Waals surface area contributed by atoms with Gasteiger partial charge in [-0.3, -0.25) is 0 Å². The molecule has 2 N–H and O–H groups in total. The minimum Gasteiger partial charge on any atom is -0.464 e. The van der Waals surface area contributed by atoms with Crippen molar-refractivity contribution in [3.05, 3.63) is 18.0 Å². The first-order chi connectivity index (χ1) is 7.10. The van der Waals surface area contributed by atoms with Gasteiger partial charge in [-0.15, -0.1) is 0 Å². The molecule has 1 aromatic rings. The van der Waals surface area contributed by atoms with Crippen molar-refractivity contribution in [2.75, 3.05) is 12.8 Å². The Bertz CT molecular complexity index is 344. The van der Waals surface area contributed by atoms with E-state index in [1.54, 1.807) is 12.3 Å². The number of ether oxygens (including phenoxy) is 1. The van der Waals surface area contributed by atoms with Gasteiger partial charge >= 0.3 is 5.97 Å². The zero-order valence-corrected chi connectivity index (χ0v) is 9.49. The molecule has 4 nitrogen and oxygen atoms in total. The largest absolute Gasteiger partial charge is 0.464 e. The average Bonchev–Trinajstić information content (AvgIpc) is 2.59. The fourth-order valence-corrected chi connectivity index (χ4v) is 1.69. The number of methoxy groups -OCH3 is 1. The predicted molar refractivity (Wildman–Crippen MR) is 59.8 cm³/mol. The van der Waals surface area contributed by atoms with Crippen LogP contribution in [0, 0.1) is 0 Å². The SMILES string of the molecule is CCCC(C)n1cc(N)cc1C(=O)OC. The Morgan fingerprint density at radius 3 is 2.87 bits per heavy atom. The molecule has 0 aliphatic heterocycles. The van der Waals surface area contributed by atoms with Gasteiger partial charge in [0.2, 0.25) is 0 Å². The zero-order valence-electron chi connectivity index (χ0n) is 9.49. The van der Waals surface area contributed by atoms with E-state index in [9.17, 15) is 4.79 Å². The van der Waals surface area contributed by atoms with Crippen LogP contribution in [0.2, 0.25) is 0 Å². The first-order valence-electron chi connectivity index (χ1n) is 5.15. The molecule has 0 spiro atoms. The van der Waals surface area contributed by atoms with E-state index in [4.69, 9.17) is 10.5 Å². The quantitative estimate of drug-likeness (QED) is 0.775. The lowest BCUT2D eigenvalue weighted by Gasteiger charge is -2.15. The van der Waals surface area contributed by atoms with Crippen LogP contribution in [0.4, 0.5) is 5.69 Å². The molecule has 1 aromatic heterocycles. The second-order valence-electron chi connectivity index (χ2n) is 3.70. The van der Waals surface area contributed by atoms with Crippen molar-refractivity contribution in [2.45, 2.75) is 32.7 Å². The molecule has 15 heavy (non-hydrogen) atoms. The van der Waals surface area contributed by atoms with E-state index in [1.807, 2.05) is 4.57 Å². The number of nitrogen functional groups attached to an aromatic ring is 1. The number of nitrogens with zero attached hydrogens (tertiary/aromatic N) is 1. The minimum absolute atomic E-state index is 0.265. The van der Waals surface area contributed by atoms with E-state index in [1.165, 1.54) is 7.11 Å². The fourth-order valence-electron chi connectivity index (χ4n) is 1.69. The summed E-state index contributed by atoms with van der Waals surface area (Å²) in [5.74, 6) is -0.338. The average molecular weight is 210 g/mol. The molecule has 0 saturated carbocycles. The van der Waals surface area contributed by atoms with Gasteiger partial charge in [0.1, 0.15) is 5.69 Å². The highest BCUT2D eigenvalue weighted by Crippen LogP contribution is 2.20. The third-order valence-corrected chi connectivity index (χ3v) is 2.45. The monoisotopic (exact) mass is 210 g/mol. The van der Waals surface area contributed by atoms with E-state index in [0.29, 0.717) is 11.4 Å². The smallest absolute Gasteiger partial charge is 0.354 e. The van der Waals surface area contributed by atoms with Crippen LogP contribution in [0.25, 0.3) is 0 Å². The number of rotatable bonds is 4. The van der Waals surface area contributed by atoms with Gasteiger partial charge in [-0.05, 0) is 19.4 Å². The normalized spacial score (nSPS) is 12.5. The second-order valence-corrected chi connectivity index (χ2v) is 3.70. The number of carbonyl (C=O) groups excluding carboxylic acids is 1. The van der Waals surface area contributed by atoms with Crippen LogP contribution in [-0.4, -0.2) is 17.6 Å². The third kappa shape index (κ3) is 2.52. The molecule has 84 valence electrons. The zero-order chi connectivity index (χ0) is 11.4. The van der Waals surface area contributed by atoms with Gasteiger partial charge in [0.15, 0.2) is 0 Å². The van der Waals surface area contributed by atoms with Gasteiger partial charge < -0.3 is 15.0 Å². The molecule has 1 atom stereocenters. The molecule has 0 saturated heterocycles. The van der Waals surface area contributed by atoms with E-state index >= 15 is 0 Å². The number of carbonyl (C=O) groups is 1. The minimum atomic E-state index is -0.338. The maximum Gasteiger partial charge on any atom is 0.354 e. The van der Waals surface area contributed by atoms with E-state index in [-0.39, 0.29) is 12.0 Å². The number of hydrogen-bond acceptors (Lipinski definition) is 3. The molecule has 0 bridgehead atoms. The van der Waals surface area contributed by atoms with Gasteiger partial charge in [-0.2, -0.15) is 0 Å². The molecule has 0 fully saturated rings. The molecule has 1 unspecified atom stereocenters. The van der Waals surface area contributed by atoms with Gasteiger partial charge in [0.25, 0.3) is 0 Å². The van der Waals surface area contributed by atoms with Crippen molar-refractivity contribution in [1.29, 1.82) is 0 Å². The molecule has 4 heteroatoms. The topological polar surface area (TPSA) is 57.2 Å². The van der Waals surface area contributed by atoms with Crippen molar-refractivity contribution < 1.29 is 9.53 Å². The van der Waals surface area contributed by atoms with Crippen LogP contribution in [0.5, 0.6) is 0 Å². The van der Waals surface area contributed by atoms with Gasteiger partial charge in [-0.25, -0.2) is 4.79 Å². The first-order valence-corrected chi connectivity index (χ1v) is 5.15. The molecule has 0 aliphatic rings. The van der Waals surface area contributed by atoms with Crippen molar-refractivity contribution in [3.63, 3.8) is 0 Å². The molecule has 0 aliphatic carbocycles. The van der Waals surface area contributed by atoms with Crippen molar-refractivity contribution in [2.24, 2.45) is 0 Å². The Labute approximate surface area is 90.0 Å². The Hall–Kier alpha value is -1.45. The van der Waals surface area contributed by atoms with Crippen LogP contribution in [0.1, 0.15) is 43.2 Å². The van der Waals surface area contributed by atoms with Crippen LogP contribution in [0.3, 0.4) is 0 Å². The van der Waals surface area contributed by atoms with Crippen molar-refractivity contribution in [1.82, 2.24) is 4.57 Å². The number of aromatic nitrogens is 1. The maximum absolute atomic E-state index is 11.5. The molecule has 1 heterocycles. The summed E-state index contributed by atoms with van der Waals surface area (Å²) in [7, 11) is 1.38. The van der Waals surface area contributed by atoms with Crippen LogP contribution in [-0.2, 0) is 4.74 Å². The lowest BCUT2D eigenvalue weighted by atomic mass is 10.2. The third-order valence-electron chi connectivity index (χ3n) is 2.45. The maximum atomic E-state index is 11.5. The van der Waals surface area contributed by atoms with Crippen molar-refractivity contribution >= 4 is 11.7 Å². The van der Waals surface area contributed by atoms with Crippen LogP contribution < -0.4 is 5.73 Å².